The highest BCUT2D eigenvalue weighted by molar-refractivity contribution is 7.15. The molecule has 0 unspecified atom stereocenters. The van der Waals surface area contributed by atoms with Gasteiger partial charge >= 0.3 is 0 Å². The second-order valence-corrected chi connectivity index (χ2v) is 5.79. The van der Waals surface area contributed by atoms with Crippen molar-refractivity contribution in [2.24, 2.45) is 0 Å². The summed E-state index contributed by atoms with van der Waals surface area (Å²) < 4.78 is 0. The van der Waals surface area contributed by atoms with Gasteiger partial charge in [0.1, 0.15) is 5.01 Å². The molecule has 0 bridgehead atoms. The Bertz CT molecular complexity index is 590. The summed E-state index contributed by atoms with van der Waals surface area (Å²) in [4.78, 5) is 12.1. The van der Waals surface area contributed by atoms with Crippen LogP contribution < -0.4 is 5.32 Å². The van der Waals surface area contributed by atoms with Crippen molar-refractivity contribution < 1.29 is 4.79 Å². The number of rotatable bonds is 5. The molecule has 20 heavy (non-hydrogen) atoms. The normalized spacial score (nSPS) is 10.8. The van der Waals surface area contributed by atoms with Gasteiger partial charge in [-0.15, -0.1) is 10.2 Å². The van der Waals surface area contributed by atoms with Gasteiger partial charge in [-0.3, -0.25) is 10.1 Å². The number of hydrogen-bond donors (Lipinski definition) is 1. The average molecular weight is 289 g/mol. The van der Waals surface area contributed by atoms with Crippen molar-refractivity contribution in [3.63, 3.8) is 0 Å². The van der Waals surface area contributed by atoms with E-state index in [4.69, 9.17) is 0 Å². The molecular weight excluding hydrogens is 270 g/mol. The summed E-state index contributed by atoms with van der Waals surface area (Å²) in [5.74, 6) is 0.290. The molecule has 0 aliphatic rings. The summed E-state index contributed by atoms with van der Waals surface area (Å²) >= 11 is 1.46. The van der Waals surface area contributed by atoms with Crippen LogP contribution in [0, 0.1) is 6.92 Å². The lowest BCUT2D eigenvalue weighted by Crippen LogP contribution is -2.11. The molecule has 0 saturated heterocycles. The minimum absolute atomic E-state index is 0.138. The number of amides is 1. The van der Waals surface area contributed by atoms with Gasteiger partial charge in [0, 0.05) is 11.5 Å². The van der Waals surface area contributed by atoms with Gasteiger partial charge in [-0.2, -0.15) is 0 Å². The third kappa shape index (κ3) is 3.42. The van der Waals surface area contributed by atoms with Crippen LogP contribution in [-0.2, 0) is 0 Å². The first kappa shape index (κ1) is 14.7. The van der Waals surface area contributed by atoms with E-state index in [-0.39, 0.29) is 5.91 Å². The summed E-state index contributed by atoms with van der Waals surface area (Å²) in [5.41, 5.74) is 1.71. The van der Waals surface area contributed by atoms with Crippen molar-refractivity contribution in [2.75, 3.05) is 5.32 Å². The van der Waals surface area contributed by atoms with Crippen molar-refractivity contribution in [2.45, 2.75) is 39.5 Å². The van der Waals surface area contributed by atoms with Gasteiger partial charge in [0.2, 0.25) is 5.13 Å². The summed E-state index contributed by atoms with van der Waals surface area (Å²) in [6.45, 7) is 6.24. The fraction of sp³-hybridized carbons (Fsp3) is 0.400. The van der Waals surface area contributed by atoms with Crippen LogP contribution in [0.15, 0.2) is 24.3 Å². The van der Waals surface area contributed by atoms with Crippen molar-refractivity contribution in [1.82, 2.24) is 10.2 Å². The zero-order chi connectivity index (χ0) is 14.5. The predicted molar refractivity (Wildman–Crippen MR) is 82.4 cm³/mol. The zero-order valence-corrected chi connectivity index (χ0v) is 12.8. The largest absolute Gasteiger partial charge is 0.296 e. The SMILES string of the molecule is CCC(CC)c1nnc(NC(=O)c2cccc(C)c2)s1. The first-order valence-electron chi connectivity index (χ1n) is 6.85. The molecule has 0 aliphatic carbocycles. The first-order valence-corrected chi connectivity index (χ1v) is 7.67. The summed E-state index contributed by atoms with van der Waals surface area (Å²) in [6, 6.07) is 7.50. The molecule has 1 aromatic heterocycles. The number of nitrogens with zero attached hydrogens (tertiary/aromatic N) is 2. The molecule has 1 amide bonds. The van der Waals surface area contributed by atoms with Gasteiger partial charge in [-0.25, -0.2) is 0 Å². The molecule has 2 rings (SSSR count). The first-order chi connectivity index (χ1) is 9.63. The fourth-order valence-corrected chi connectivity index (χ4v) is 3.05. The van der Waals surface area contributed by atoms with Crippen LogP contribution >= 0.6 is 11.3 Å². The van der Waals surface area contributed by atoms with Gasteiger partial charge in [0.15, 0.2) is 0 Å². The van der Waals surface area contributed by atoms with Crippen molar-refractivity contribution in [3.8, 4) is 0 Å². The smallest absolute Gasteiger partial charge is 0.257 e. The van der Waals surface area contributed by atoms with Crippen LogP contribution in [0.25, 0.3) is 0 Å². The van der Waals surface area contributed by atoms with Crippen LogP contribution in [0.4, 0.5) is 5.13 Å². The number of nitrogens with one attached hydrogen (secondary N) is 1. The Labute approximate surface area is 123 Å². The molecule has 0 spiro atoms. The lowest BCUT2D eigenvalue weighted by Gasteiger charge is -2.05. The van der Waals surface area contributed by atoms with E-state index >= 15 is 0 Å². The monoisotopic (exact) mass is 289 g/mol. The second-order valence-electron chi connectivity index (χ2n) is 4.78. The molecule has 106 valence electrons. The van der Waals surface area contributed by atoms with Gasteiger partial charge in [0.05, 0.1) is 0 Å². The number of anilines is 1. The van der Waals surface area contributed by atoms with E-state index in [0.29, 0.717) is 16.6 Å². The van der Waals surface area contributed by atoms with E-state index in [1.54, 1.807) is 6.07 Å². The number of aryl methyl sites for hydroxylation is 1. The molecular formula is C15H19N3OS. The van der Waals surface area contributed by atoms with E-state index in [2.05, 4.69) is 29.4 Å². The molecule has 2 aromatic rings. The highest BCUT2D eigenvalue weighted by atomic mass is 32.1. The molecule has 0 aliphatic heterocycles. The number of benzene rings is 1. The Morgan fingerprint density at radius 1 is 1.30 bits per heavy atom. The van der Waals surface area contributed by atoms with E-state index in [1.165, 1.54) is 11.3 Å². The maximum absolute atomic E-state index is 12.1. The minimum Gasteiger partial charge on any atom is -0.296 e. The predicted octanol–water partition coefficient (Wildman–Crippen LogP) is 4.00. The topological polar surface area (TPSA) is 54.9 Å². The zero-order valence-electron chi connectivity index (χ0n) is 12.0. The molecule has 4 nitrogen and oxygen atoms in total. The molecule has 0 radical (unpaired) electrons. The quantitative estimate of drug-likeness (QED) is 0.905. The van der Waals surface area contributed by atoms with Crippen LogP contribution in [0.5, 0.6) is 0 Å². The Hall–Kier alpha value is -1.75. The van der Waals surface area contributed by atoms with Gasteiger partial charge < -0.3 is 0 Å². The van der Waals surface area contributed by atoms with Gasteiger partial charge in [0.25, 0.3) is 5.91 Å². The lowest BCUT2D eigenvalue weighted by molar-refractivity contribution is 0.102. The van der Waals surface area contributed by atoms with Crippen LogP contribution in [0.2, 0.25) is 0 Å². The number of hydrogen-bond acceptors (Lipinski definition) is 4. The highest BCUT2D eigenvalue weighted by Crippen LogP contribution is 2.28. The van der Waals surface area contributed by atoms with E-state index in [0.717, 1.165) is 23.4 Å². The standard InChI is InChI=1S/C15H19N3OS/c1-4-11(5-2)14-17-18-15(20-14)16-13(19)12-8-6-7-10(3)9-12/h6-9,11H,4-5H2,1-3H3,(H,16,18,19). The minimum atomic E-state index is -0.138. The van der Waals surface area contributed by atoms with Gasteiger partial charge in [-0.1, -0.05) is 42.9 Å². The maximum atomic E-state index is 12.1. The van der Waals surface area contributed by atoms with Crippen LogP contribution in [-0.4, -0.2) is 16.1 Å². The second kappa shape index (κ2) is 6.61. The Balaban J connectivity index is 2.09. The fourth-order valence-electron chi connectivity index (χ4n) is 2.04. The van der Waals surface area contributed by atoms with Crippen LogP contribution in [0.3, 0.4) is 0 Å². The molecule has 5 heteroatoms. The van der Waals surface area contributed by atoms with Crippen molar-refractivity contribution in [1.29, 1.82) is 0 Å². The summed E-state index contributed by atoms with van der Waals surface area (Å²) in [6.07, 6.45) is 2.08. The molecule has 0 fully saturated rings. The number of aromatic nitrogens is 2. The number of carbonyl (C=O) groups excluding carboxylic acids is 1. The summed E-state index contributed by atoms with van der Waals surface area (Å²) in [5, 5.41) is 12.6. The molecule has 0 saturated carbocycles. The third-order valence-electron chi connectivity index (χ3n) is 3.28. The molecule has 0 atom stereocenters. The maximum Gasteiger partial charge on any atom is 0.257 e. The summed E-state index contributed by atoms with van der Waals surface area (Å²) in [7, 11) is 0. The average Bonchev–Trinajstić information content (AvgIpc) is 2.88. The third-order valence-corrected chi connectivity index (χ3v) is 4.28. The van der Waals surface area contributed by atoms with E-state index in [9.17, 15) is 4.79 Å². The van der Waals surface area contributed by atoms with E-state index < -0.39 is 0 Å². The Kier molecular flexibility index (Phi) is 4.84. The van der Waals surface area contributed by atoms with E-state index in [1.807, 2.05) is 25.1 Å². The molecule has 1 N–H and O–H groups in total. The van der Waals surface area contributed by atoms with Crippen molar-refractivity contribution >= 4 is 22.4 Å². The Morgan fingerprint density at radius 2 is 2.05 bits per heavy atom. The molecule has 1 heterocycles. The highest BCUT2D eigenvalue weighted by Gasteiger charge is 2.15. The van der Waals surface area contributed by atoms with Crippen LogP contribution in [0.1, 0.15) is 53.5 Å². The molecule has 1 aromatic carbocycles. The lowest BCUT2D eigenvalue weighted by atomic mass is 10.1. The Morgan fingerprint density at radius 3 is 2.70 bits per heavy atom. The van der Waals surface area contributed by atoms with Gasteiger partial charge in [-0.05, 0) is 31.9 Å². The van der Waals surface area contributed by atoms with Crippen molar-refractivity contribution in [3.05, 3.63) is 40.4 Å². The number of carbonyl (C=O) groups is 1.